The number of hydrogen-bond acceptors (Lipinski definition) is 3. The molecule has 0 spiro atoms. The number of carbonyl (C=O) groups excluding carboxylic acids is 1. The standard InChI is InChI=1S/C23H24Cl2N2O2/c24-20-4-2-1-3-17(20)7-10-26-11-8-19(9-12-26)27-21-13-16(14-23(28)29)5-6-18(21)15-22(27)25/h1-6,13,15,19H,7-12,14H2,(H,28,29)/p-1. The van der Waals surface area contributed by atoms with Crippen molar-refractivity contribution in [1.29, 1.82) is 0 Å². The molecule has 0 atom stereocenters. The molecule has 1 fully saturated rings. The van der Waals surface area contributed by atoms with E-state index in [9.17, 15) is 9.90 Å². The molecule has 1 aromatic heterocycles. The second-order valence-electron chi connectivity index (χ2n) is 7.69. The monoisotopic (exact) mass is 429 g/mol. The maximum atomic E-state index is 11.0. The molecule has 1 aliphatic rings. The van der Waals surface area contributed by atoms with Gasteiger partial charge in [0, 0.05) is 54.0 Å². The highest BCUT2D eigenvalue weighted by Crippen LogP contribution is 2.33. The summed E-state index contributed by atoms with van der Waals surface area (Å²) in [7, 11) is 0. The Labute approximate surface area is 180 Å². The first-order valence-electron chi connectivity index (χ1n) is 9.96. The van der Waals surface area contributed by atoms with Gasteiger partial charge in [0.25, 0.3) is 0 Å². The third-order valence-corrected chi connectivity index (χ3v) is 6.44. The van der Waals surface area contributed by atoms with Crippen molar-refractivity contribution in [3.05, 3.63) is 69.8 Å². The third-order valence-electron chi connectivity index (χ3n) is 5.79. The van der Waals surface area contributed by atoms with Gasteiger partial charge in [0.05, 0.1) is 0 Å². The molecule has 3 aromatic rings. The van der Waals surface area contributed by atoms with Gasteiger partial charge in [-0.1, -0.05) is 53.5 Å². The fourth-order valence-corrected chi connectivity index (χ4v) is 4.84. The molecule has 0 bridgehead atoms. The molecule has 1 saturated heterocycles. The number of nitrogens with zero attached hydrogens (tertiary/aromatic N) is 2. The van der Waals surface area contributed by atoms with Crippen LogP contribution in [0.15, 0.2) is 48.5 Å². The van der Waals surface area contributed by atoms with Crippen LogP contribution in [0.25, 0.3) is 10.9 Å². The average molecular weight is 430 g/mol. The SMILES string of the molecule is O=C([O-])Cc1ccc2cc(Cl)n(C3CCN(CCc4ccccc4Cl)CC3)c2c1. The van der Waals surface area contributed by atoms with Gasteiger partial charge >= 0.3 is 0 Å². The van der Waals surface area contributed by atoms with E-state index in [2.05, 4.69) is 15.5 Å². The zero-order valence-corrected chi connectivity index (χ0v) is 17.6. The van der Waals surface area contributed by atoms with E-state index in [1.54, 1.807) is 0 Å². The van der Waals surface area contributed by atoms with Crippen molar-refractivity contribution in [1.82, 2.24) is 9.47 Å². The zero-order chi connectivity index (χ0) is 20.4. The normalized spacial score (nSPS) is 15.8. The van der Waals surface area contributed by atoms with Crippen LogP contribution in [0.5, 0.6) is 0 Å². The fourth-order valence-electron chi connectivity index (χ4n) is 4.26. The summed E-state index contributed by atoms with van der Waals surface area (Å²) in [4.78, 5) is 13.4. The van der Waals surface area contributed by atoms with Crippen molar-refractivity contribution >= 4 is 40.1 Å². The lowest BCUT2D eigenvalue weighted by Gasteiger charge is -2.33. The van der Waals surface area contributed by atoms with Crippen LogP contribution in [-0.2, 0) is 17.6 Å². The van der Waals surface area contributed by atoms with Gasteiger partial charge in [-0.3, -0.25) is 0 Å². The lowest BCUT2D eigenvalue weighted by atomic mass is 10.0. The number of carbonyl (C=O) groups is 1. The van der Waals surface area contributed by atoms with Gasteiger partial charge in [-0.2, -0.15) is 0 Å². The number of aromatic nitrogens is 1. The van der Waals surface area contributed by atoms with Gasteiger partial charge in [-0.05, 0) is 48.6 Å². The number of rotatable bonds is 6. The molecule has 0 radical (unpaired) electrons. The summed E-state index contributed by atoms with van der Waals surface area (Å²) < 4.78 is 2.17. The number of carboxylic acid groups (broad SMARTS) is 1. The minimum Gasteiger partial charge on any atom is -0.550 e. The van der Waals surface area contributed by atoms with Gasteiger partial charge in [0.1, 0.15) is 5.15 Å². The predicted octanol–water partition coefficient (Wildman–Crippen LogP) is 4.12. The quantitative estimate of drug-likeness (QED) is 0.591. The number of hydrogen-bond donors (Lipinski definition) is 0. The minimum absolute atomic E-state index is 0.0841. The van der Waals surface area contributed by atoms with Crippen molar-refractivity contribution in [3.63, 3.8) is 0 Å². The van der Waals surface area contributed by atoms with Crippen LogP contribution >= 0.6 is 23.2 Å². The topological polar surface area (TPSA) is 48.3 Å². The number of likely N-dealkylation sites (tertiary alicyclic amines) is 1. The first-order chi connectivity index (χ1) is 14.0. The van der Waals surface area contributed by atoms with Crippen LogP contribution in [0, 0.1) is 0 Å². The summed E-state index contributed by atoms with van der Waals surface area (Å²) in [5.41, 5.74) is 2.94. The van der Waals surface area contributed by atoms with Crippen molar-refractivity contribution in [2.75, 3.05) is 19.6 Å². The summed E-state index contributed by atoms with van der Waals surface area (Å²) in [5, 5.41) is 13.5. The number of piperidine rings is 1. The number of carboxylic acids is 1. The number of halogens is 2. The van der Waals surface area contributed by atoms with Gasteiger partial charge in [-0.25, -0.2) is 0 Å². The molecule has 2 heterocycles. The molecule has 4 nitrogen and oxygen atoms in total. The largest absolute Gasteiger partial charge is 0.550 e. The minimum atomic E-state index is -1.07. The van der Waals surface area contributed by atoms with Crippen molar-refractivity contribution in [2.24, 2.45) is 0 Å². The van der Waals surface area contributed by atoms with E-state index in [4.69, 9.17) is 23.2 Å². The second kappa shape index (κ2) is 8.78. The summed E-state index contributed by atoms with van der Waals surface area (Å²) in [6.07, 6.45) is 2.89. The summed E-state index contributed by atoms with van der Waals surface area (Å²) in [5.74, 6) is -1.07. The average Bonchev–Trinajstić information content (AvgIpc) is 3.02. The van der Waals surface area contributed by atoms with E-state index in [1.165, 1.54) is 5.56 Å². The highest BCUT2D eigenvalue weighted by molar-refractivity contribution is 6.31. The molecule has 6 heteroatoms. The Morgan fingerprint density at radius 3 is 2.55 bits per heavy atom. The Morgan fingerprint density at radius 1 is 1.07 bits per heavy atom. The molecule has 4 rings (SSSR count). The highest BCUT2D eigenvalue weighted by Gasteiger charge is 2.23. The summed E-state index contributed by atoms with van der Waals surface area (Å²) >= 11 is 12.8. The maximum Gasteiger partial charge on any atom is 0.110 e. The van der Waals surface area contributed by atoms with Crippen LogP contribution in [0.4, 0.5) is 0 Å². The Morgan fingerprint density at radius 2 is 1.83 bits per heavy atom. The predicted molar refractivity (Wildman–Crippen MR) is 116 cm³/mol. The van der Waals surface area contributed by atoms with Crippen LogP contribution in [0.3, 0.4) is 0 Å². The Kier molecular flexibility index (Phi) is 6.14. The molecule has 0 aliphatic carbocycles. The summed E-state index contributed by atoms with van der Waals surface area (Å²) in [6.45, 7) is 3.00. The highest BCUT2D eigenvalue weighted by atomic mass is 35.5. The molecule has 1 aliphatic heterocycles. The smallest absolute Gasteiger partial charge is 0.110 e. The van der Waals surface area contributed by atoms with E-state index < -0.39 is 5.97 Å². The van der Waals surface area contributed by atoms with Gasteiger partial charge < -0.3 is 19.4 Å². The molecular formula is C23H23Cl2N2O2-. The first kappa shape index (κ1) is 20.3. The molecule has 2 aromatic carbocycles. The van der Waals surface area contributed by atoms with Crippen LogP contribution in [0.1, 0.15) is 30.0 Å². The Bertz CT molecular complexity index is 1020. The van der Waals surface area contributed by atoms with Crippen molar-refractivity contribution in [2.45, 2.75) is 31.7 Å². The molecule has 0 N–H and O–H groups in total. The van der Waals surface area contributed by atoms with Crippen LogP contribution in [0.2, 0.25) is 10.2 Å². The molecular weight excluding hydrogens is 407 g/mol. The molecule has 0 saturated carbocycles. The van der Waals surface area contributed by atoms with Gasteiger partial charge in [-0.15, -0.1) is 0 Å². The molecule has 0 unspecified atom stereocenters. The summed E-state index contributed by atoms with van der Waals surface area (Å²) in [6, 6.07) is 16.0. The Balaban J connectivity index is 1.44. The van der Waals surface area contributed by atoms with Gasteiger partial charge in [0.15, 0.2) is 0 Å². The van der Waals surface area contributed by atoms with Crippen LogP contribution < -0.4 is 5.11 Å². The first-order valence-corrected chi connectivity index (χ1v) is 10.7. The molecule has 152 valence electrons. The zero-order valence-electron chi connectivity index (χ0n) is 16.1. The third kappa shape index (κ3) is 4.61. The lowest BCUT2D eigenvalue weighted by Crippen LogP contribution is -2.36. The fraction of sp³-hybridized carbons (Fsp3) is 0.348. The van der Waals surface area contributed by atoms with E-state index in [0.29, 0.717) is 11.2 Å². The number of benzene rings is 2. The second-order valence-corrected chi connectivity index (χ2v) is 8.49. The van der Waals surface area contributed by atoms with Gasteiger partial charge in [0.2, 0.25) is 0 Å². The number of fused-ring (bicyclic) bond motifs is 1. The Hall–Kier alpha value is -2.01. The molecule has 0 amide bonds. The maximum absolute atomic E-state index is 11.0. The van der Waals surface area contributed by atoms with E-state index in [1.807, 2.05) is 42.5 Å². The van der Waals surface area contributed by atoms with E-state index in [-0.39, 0.29) is 6.42 Å². The van der Waals surface area contributed by atoms with E-state index in [0.717, 1.165) is 60.4 Å². The number of aliphatic carboxylic acids is 1. The molecule has 29 heavy (non-hydrogen) atoms. The van der Waals surface area contributed by atoms with E-state index >= 15 is 0 Å². The lowest BCUT2D eigenvalue weighted by molar-refractivity contribution is -0.304. The van der Waals surface area contributed by atoms with Crippen molar-refractivity contribution in [3.8, 4) is 0 Å². The van der Waals surface area contributed by atoms with Crippen molar-refractivity contribution < 1.29 is 9.90 Å². The van der Waals surface area contributed by atoms with Crippen LogP contribution in [-0.4, -0.2) is 35.1 Å².